The molecule has 0 saturated carbocycles. The molecule has 2 aromatic rings. The van der Waals surface area contributed by atoms with Gasteiger partial charge in [0.05, 0.1) is 7.14 Å². The zero-order valence-corrected chi connectivity index (χ0v) is 20.7. The number of hydrogen-bond acceptors (Lipinski definition) is 2. The second-order valence-electron chi connectivity index (χ2n) is 5.18. The van der Waals surface area contributed by atoms with Crippen LogP contribution in [-0.4, -0.2) is 6.04 Å². The summed E-state index contributed by atoms with van der Waals surface area (Å²) in [6.45, 7) is 4.16. The van der Waals surface area contributed by atoms with Crippen LogP contribution in [0.15, 0.2) is 24.3 Å². The fraction of sp³-hybridized carbons (Fsp3) is 0.250. The van der Waals surface area contributed by atoms with E-state index >= 15 is 0 Å². The Morgan fingerprint density at radius 2 is 1.45 bits per heavy atom. The molecule has 2 N–H and O–H groups in total. The van der Waals surface area contributed by atoms with E-state index in [0.717, 1.165) is 25.1 Å². The van der Waals surface area contributed by atoms with Crippen molar-refractivity contribution >= 4 is 90.4 Å². The van der Waals surface area contributed by atoms with E-state index in [1.165, 1.54) is 18.3 Å². The van der Waals surface area contributed by atoms with E-state index in [2.05, 4.69) is 122 Å². The lowest BCUT2D eigenvalue weighted by atomic mass is 10.1. The largest absolute Gasteiger partial charge is 0.455 e. The van der Waals surface area contributed by atoms with Crippen molar-refractivity contribution in [2.24, 2.45) is 5.73 Å². The third-order valence-corrected chi connectivity index (χ3v) is 6.93. The molecule has 0 fully saturated rings. The second-order valence-corrected chi connectivity index (χ2v) is 9.83. The van der Waals surface area contributed by atoms with E-state index in [9.17, 15) is 0 Å². The first-order chi connectivity index (χ1) is 10.3. The topological polar surface area (TPSA) is 35.2 Å². The summed E-state index contributed by atoms with van der Waals surface area (Å²) in [6.07, 6.45) is 0.882. The zero-order valence-electron chi connectivity index (χ0n) is 12.1. The first-order valence-electron chi connectivity index (χ1n) is 6.65. The van der Waals surface area contributed by atoms with Crippen LogP contribution < -0.4 is 10.5 Å². The van der Waals surface area contributed by atoms with E-state index < -0.39 is 0 Å². The molecule has 2 rings (SSSR count). The first kappa shape index (κ1) is 19.4. The van der Waals surface area contributed by atoms with Gasteiger partial charge in [-0.25, -0.2) is 0 Å². The highest BCUT2D eigenvalue weighted by molar-refractivity contribution is 14.1. The summed E-state index contributed by atoms with van der Waals surface area (Å²) in [7, 11) is 0. The third kappa shape index (κ3) is 5.06. The van der Waals surface area contributed by atoms with Crippen LogP contribution in [0.3, 0.4) is 0 Å². The SMILES string of the molecule is Cc1c(I)cc(Oc2c(I)cc(CC(C)N)cc2I)cc1I. The maximum absolute atomic E-state index is 6.16. The van der Waals surface area contributed by atoms with Gasteiger partial charge in [-0.2, -0.15) is 0 Å². The summed E-state index contributed by atoms with van der Waals surface area (Å²) in [5, 5.41) is 0. The van der Waals surface area contributed by atoms with Gasteiger partial charge < -0.3 is 10.5 Å². The molecule has 2 aromatic carbocycles. The molecule has 0 aliphatic carbocycles. The molecule has 22 heavy (non-hydrogen) atoms. The summed E-state index contributed by atoms with van der Waals surface area (Å²) in [5.74, 6) is 1.81. The second kappa shape index (κ2) is 8.48. The van der Waals surface area contributed by atoms with Crippen LogP contribution in [0, 0.1) is 21.2 Å². The molecule has 0 bridgehead atoms. The van der Waals surface area contributed by atoms with E-state index in [1.54, 1.807) is 0 Å². The van der Waals surface area contributed by atoms with Gasteiger partial charge in [0.1, 0.15) is 5.75 Å². The van der Waals surface area contributed by atoms with E-state index in [1.807, 2.05) is 6.92 Å². The van der Waals surface area contributed by atoms with Crippen LogP contribution in [0.5, 0.6) is 11.5 Å². The molecule has 1 atom stereocenters. The number of ether oxygens (including phenoxy) is 1. The van der Waals surface area contributed by atoms with Crippen molar-refractivity contribution in [2.75, 3.05) is 0 Å². The van der Waals surface area contributed by atoms with E-state index in [-0.39, 0.29) is 6.04 Å². The van der Waals surface area contributed by atoms with Crippen molar-refractivity contribution in [1.29, 1.82) is 0 Å². The van der Waals surface area contributed by atoms with Gasteiger partial charge in [-0.15, -0.1) is 0 Å². The van der Waals surface area contributed by atoms with Gasteiger partial charge in [0.15, 0.2) is 5.75 Å². The number of halogens is 4. The average Bonchev–Trinajstić information content (AvgIpc) is 2.39. The van der Waals surface area contributed by atoms with Crippen LogP contribution in [0.25, 0.3) is 0 Å². The molecule has 0 aromatic heterocycles. The Bertz CT molecular complexity index is 655. The molecule has 0 amide bonds. The van der Waals surface area contributed by atoms with Gasteiger partial charge in [0, 0.05) is 13.2 Å². The minimum atomic E-state index is 0.165. The highest BCUT2D eigenvalue weighted by atomic mass is 127. The highest BCUT2D eigenvalue weighted by Crippen LogP contribution is 2.35. The van der Waals surface area contributed by atoms with Gasteiger partial charge in [0.25, 0.3) is 0 Å². The number of rotatable bonds is 4. The lowest BCUT2D eigenvalue weighted by molar-refractivity contribution is 0.474. The van der Waals surface area contributed by atoms with Crippen molar-refractivity contribution < 1.29 is 4.74 Å². The Morgan fingerprint density at radius 3 is 1.91 bits per heavy atom. The lowest BCUT2D eigenvalue weighted by Gasteiger charge is -2.14. The highest BCUT2D eigenvalue weighted by Gasteiger charge is 2.12. The van der Waals surface area contributed by atoms with Crippen LogP contribution in [-0.2, 0) is 6.42 Å². The summed E-state index contributed by atoms with van der Waals surface area (Å²) in [4.78, 5) is 0. The predicted molar refractivity (Wildman–Crippen MR) is 126 cm³/mol. The summed E-state index contributed by atoms with van der Waals surface area (Å²) in [5.41, 5.74) is 8.45. The summed E-state index contributed by atoms with van der Waals surface area (Å²) < 4.78 is 10.8. The van der Waals surface area contributed by atoms with Crippen molar-refractivity contribution in [1.82, 2.24) is 0 Å². The van der Waals surface area contributed by atoms with Crippen molar-refractivity contribution in [2.45, 2.75) is 26.3 Å². The summed E-state index contributed by atoms with van der Waals surface area (Å²) in [6, 6.07) is 8.65. The lowest BCUT2D eigenvalue weighted by Crippen LogP contribution is -2.17. The maximum Gasteiger partial charge on any atom is 0.154 e. The fourth-order valence-corrected chi connectivity index (χ4v) is 5.83. The quantitative estimate of drug-likeness (QED) is 0.385. The van der Waals surface area contributed by atoms with Crippen LogP contribution in [0.4, 0.5) is 0 Å². The molecule has 0 spiro atoms. The van der Waals surface area contributed by atoms with E-state index in [4.69, 9.17) is 10.5 Å². The molecule has 6 heteroatoms. The maximum atomic E-state index is 6.16. The Labute approximate surface area is 185 Å². The number of hydrogen-bond donors (Lipinski definition) is 1. The molecule has 2 nitrogen and oxygen atoms in total. The molecule has 0 radical (unpaired) electrons. The number of benzene rings is 2. The Morgan fingerprint density at radius 1 is 0.955 bits per heavy atom. The normalized spacial score (nSPS) is 12.3. The molecule has 0 aliphatic heterocycles. The first-order valence-corrected chi connectivity index (χ1v) is 11.0. The minimum absolute atomic E-state index is 0.165. The molecule has 0 heterocycles. The Kier molecular flexibility index (Phi) is 7.49. The van der Waals surface area contributed by atoms with E-state index in [0.29, 0.717) is 0 Å². The fourth-order valence-electron chi connectivity index (χ4n) is 2.00. The van der Waals surface area contributed by atoms with Gasteiger partial charge >= 0.3 is 0 Å². The van der Waals surface area contributed by atoms with Crippen molar-refractivity contribution in [3.8, 4) is 11.5 Å². The molecule has 1 unspecified atom stereocenters. The standard InChI is InChI=1S/C16H15I4NO/c1-8(21)3-10-4-14(19)16(15(20)5-10)22-11-6-12(17)9(2)13(18)7-11/h4-8H,3,21H2,1-2H3. The Balaban J connectivity index is 2.34. The van der Waals surface area contributed by atoms with Crippen LogP contribution >= 0.6 is 90.4 Å². The average molecular weight is 745 g/mol. The monoisotopic (exact) mass is 745 g/mol. The molecule has 0 aliphatic rings. The molecule has 118 valence electrons. The van der Waals surface area contributed by atoms with Gasteiger partial charge in [-0.3, -0.25) is 0 Å². The van der Waals surface area contributed by atoms with Gasteiger partial charge in [-0.05, 0) is 146 Å². The zero-order chi connectivity index (χ0) is 16.4. The third-order valence-electron chi connectivity index (χ3n) is 3.09. The predicted octanol–water partition coefficient (Wildman–Crippen LogP) is 6.10. The molecular formula is C16H15I4NO. The molecular weight excluding hydrogens is 730 g/mol. The Hall–Kier alpha value is 1.12. The van der Waals surface area contributed by atoms with Crippen LogP contribution in [0.2, 0.25) is 0 Å². The summed E-state index contributed by atoms with van der Waals surface area (Å²) >= 11 is 9.37. The smallest absolute Gasteiger partial charge is 0.154 e. The molecule has 0 saturated heterocycles. The minimum Gasteiger partial charge on any atom is -0.455 e. The van der Waals surface area contributed by atoms with Crippen LogP contribution in [0.1, 0.15) is 18.1 Å². The van der Waals surface area contributed by atoms with Crippen molar-refractivity contribution in [3.05, 3.63) is 49.7 Å². The number of nitrogens with two attached hydrogens (primary N) is 1. The van der Waals surface area contributed by atoms with Gasteiger partial charge in [-0.1, -0.05) is 0 Å². The van der Waals surface area contributed by atoms with Gasteiger partial charge in [0.2, 0.25) is 0 Å². The van der Waals surface area contributed by atoms with Crippen molar-refractivity contribution in [3.63, 3.8) is 0 Å².